The average molecular weight is 305 g/mol. The van der Waals surface area contributed by atoms with Gasteiger partial charge in [0.2, 0.25) is 5.52 Å². The SMILES string of the molecule is O=C(Oc1cc2oc([O-])c[n+]2c2ccccc12)c1ccccc1. The molecule has 0 aliphatic heterocycles. The first-order valence-corrected chi connectivity index (χ1v) is 7.03. The molecule has 0 atom stereocenters. The Labute approximate surface area is 131 Å². The number of carbonyl (C=O) groups excluding carboxylic acids is 1. The van der Waals surface area contributed by atoms with E-state index in [0.717, 1.165) is 10.9 Å². The fourth-order valence-electron chi connectivity index (χ4n) is 2.53. The number of para-hydroxylation sites is 1. The van der Waals surface area contributed by atoms with Gasteiger partial charge in [-0.3, -0.25) is 0 Å². The minimum absolute atomic E-state index is 0.324. The van der Waals surface area contributed by atoms with Crippen LogP contribution in [0.25, 0.3) is 16.6 Å². The normalized spacial score (nSPS) is 11.0. The minimum Gasteiger partial charge on any atom is -0.540 e. The van der Waals surface area contributed by atoms with Crippen LogP contribution in [0, 0.1) is 0 Å². The molecule has 0 saturated heterocycles. The summed E-state index contributed by atoms with van der Waals surface area (Å²) >= 11 is 0. The number of hydrogen-bond acceptors (Lipinski definition) is 4. The van der Waals surface area contributed by atoms with Crippen molar-refractivity contribution < 1.29 is 23.5 Å². The Morgan fingerprint density at radius 1 is 1.04 bits per heavy atom. The number of benzene rings is 2. The van der Waals surface area contributed by atoms with E-state index in [2.05, 4.69) is 0 Å². The summed E-state index contributed by atoms with van der Waals surface area (Å²) in [5, 5.41) is 12.2. The molecule has 0 aliphatic carbocycles. The molecular formula is C18H11NO4. The van der Waals surface area contributed by atoms with Crippen LogP contribution in [0.4, 0.5) is 0 Å². The van der Waals surface area contributed by atoms with Gasteiger partial charge in [-0.05, 0) is 18.2 Å². The van der Waals surface area contributed by atoms with Gasteiger partial charge in [0, 0.05) is 6.07 Å². The molecule has 5 nitrogen and oxygen atoms in total. The summed E-state index contributed by atoms with van der Waals surface area (Å²) in [6.07, 6.45) is 1.36. The van der Waals surface area contributed by atoms with Gasteiger partial charge in [0.05, 0.1) is 17.0 Å². The zero-order valence-electron chi connectivity index (χ0n) is 11.9. The number of ether oxygens (including phenoxy) is 1. The molecule has 0 radical (unpaired) electrons. The van der Waals surface area contributed by atoms with Crippen molar-refractivity contribution in [1.29, 1.82) is 0 Å². The first kappa shape index (κ1) is 13.3. The van der Waals surface area contributed by atoms with Gasteiger partial charge in [-0.2, -0.15) is 4.40 Å². The number of hydrogen-bond donors (Lipinski definition) is 0. The molecule has 0 spiro atoms. The number of pyridine rings is 1. The van der Waals surface area contributed by atoms with Crippen LogP contribution in [0.5, 0.6) is 11.7 Å². The van der Waals surface area contributed by atoms with Crippen LogP contribution < -0.4 is 14.2 Å². The molecule has 5 heteroatoms. The van der Waals surface area contributed by atoms with Crippen LogP contribution in [0.3, 0.4) is 0 Å². The lowest BCUT2D eigenvalue weighted by Gasteiger charge is -2.06. The third-order valence-electron chi connectivity index (χ3n) is 3.57. The Bertz CT molecular complexity index is 1020. The summed E-state index contributed by atoms with van der Waals surface area (Å²) in [4.78, 5) is 12.3. The highest BCUT2D eigenvalue weighted by Gasteiger charge is 2.18. The fourth-order valence-corrected chi connectivity index (χ4v) is 2.53. The van der Waals surface area contributed by atoms with Crippen molar-refractivity contribution in [1.82, 2.24) is 0 Å². The second-order valence-corrected chi connectivity index (χ2v) is 5.04. The highest BCUT2D eigenvalue weighted by molar-refractivity contribution is 5.94. The van der Waals surface area contributed by atoms with Gasteiger partial charge >= 0.3 is 5.97 Å². The summed E-state index contributed by atoms with van der Waals surface area (Å²) in [6, 6.07) is 17.6. The van der Waals surface area contributed by atoms with Crippen molar-refractivity contribution in [3.8, 4) is 11.7 Å². The molecule has 2 aromatic carbocycles. The molecule has 23 heavy (non-hydrogen) atoms. The molecule has 0 aliphatic rings. The van der Waals surface area contributed by atoms with E-state index in [-0.39, 0.29) is 0 Å². The Morgan fingerprint density at radius 2 is 1.78 bits per heavy atom. The standard InChI is InChI=1S/C18H11NO4/c20-17-11-19-14-9-5-4-8-13(14)15(10-16(19)23-17)22-18(21)12-6-2-1-3-7-12/h1-11H. The lowest BCUT2D eigenvalue weighted by molar-refractivity contribution is -0.485. The minimum atomic E-state index is -0.464. The number of aromatic nitrogens is 1. The maximum Gasteiger partial charge on any atom is 0.343 e. The van der Waals surface area contributed by atoms with Crippen LogP contribution >= 0.6 is 0 Å². The van der Waals surface area contributed by atoms with Gasteiger partial charge < -0.3 is 14.3 Å². The van der Waals surface area contributed by atoms with Crippen LogP contribution in [0.2, 0.25) is 0 Å². The quantitative estimate of drug-likeness (QED) is 0.421. The lowest BCUT2D eigenvalue weighted by atomic mass is 10.2. The first-order valence-electron chi connectivity index (χ1n) is 7.03. The summed E-state index contributed by atoms with van der Waals surface area (Å²) in [5.41, 5.74) is 1.50. The van der Waals surface area contributed by atoms with Crippen LogP contribution in [-0.2, 0) is 0 Å². The molecule has 2 aromatic heterocycles. The van der Waals surface area contributed by atoms with E-state index in [0.29, 0.717) is 17.0 Å². The van der Waals surface area contributed by atoms with E-state index in [4.69, 9.17) is 9.15 Å². The number of oxazole rings is 1. The third-order valence-corrected chi connectivity index (χ3v) is 3.57. The van der Waals surface area contributed by atoms with Crippen molar-refractivity contribution in [2.45, 2.75) is 0 Å². The molecule has 4 aromatic rings. The molecule has 0 bridgehead atoms. The first-order chi connectivity index (χ1) is 11.2. The summed E-state index contributed by atoms with van der Waals surface area (Å²) in [6.45, 7) is 0. The average Bonchev–Trinajstić information content (AvgIpc) is 2.96. The van der Waals surface area contributed by atoms with E-state index < -0.39 is 11.9 Å². The second-order valence-electron chi connectivity index (χ2n) is 5.04. The van der Waals surface area contributed by atoms with Gasteiger partial charge in [0.1, 0.15) is 5.95 Å². The predicted octanol–water partition coefficient (Wildman–Crippen LogP) is 2.46. The van der Waals surface area contributed by atoms with Crippen LogP contribution in [0.1, 0.15) is 10.4 Å². The molecule has 112 valence electrons. The zero-order chi connectivity index (χ0) is 15.8. The van der Waals surface area contributed by atoms with Gasteiger partial charge in [-0.1, -0.05) is 30.3 Å². The molecule has 0 amide bonds. The Kier molecular flexibility index (Phi) is 2.98. The van der Waals surface area contributed by atoms with Crippen molar-refractivity contribution in [3.63, 3.8) is 0 Å². The van der Waals surface area contributed by atoms with E-state index in [1.807, 2.05) is 30.3 Å². The maximum absolute atomic E-state index is 12.3. The monoisotopic (exact) mass is 305 g/mol. The fraction of sp³-hybridized carbons (Fsp3) is 0. The molecular weight excluding hydrogens is 294 g/mol. The molecule has 0 fully saturated rings. The highest BCUT2D eigenvalue weighted by Crippen LogP contribution is 2.27. The molecule has 2 heterocycles. The molecule has 4 rings (SSSR count). The molecule has 0 N–H and O–H groups in total. The third kappa shape index (κ3) is 2.28. The Morgan fingerprint density at radius 3 is 2.61 bits per heavy atom. The van der Waals surface area contributed by atoms with Gasteiger partial charge in [-0.15, -0.1) is 0 Å². The van der Waals surface area contributed by atoms with Crippen molar-refractivity contribution in [3.05, 3.63) is 72.4 Å². The summed E-state index contributed by atoms with van der Waals surface area (Å²) in [7, 11) is 0. The second kappa shape index (κ2) is 5.14. The maximum atomic E-state index is 12.3. The van der Waals surface area contributed by atoms with Crippen molar-refractivity contribution in [2.75, 3.05) is 0 Å². The van der Waals surface area contributed by atoms with Crippen molar-refractivity contribution >= 4 is 22.6 Å². The predicted molar refractivity (Wildman–Crippen MR) is 80.2 cm³/mol. The Balaban J connectivity index is 1.86. The smallest absolute Gasteiger partial charge is 0.343 e. The van der Waals surface area contributed by atoms with Gasteiger partial charge in [0.15, 0.2) is 11.9 Å². The molecule has 0 unspecified atom stereocenters. The van der Waals surface area contributed by atoms with Crippen LogP contribution in [0.15, 0.2) is 71.3 Å². The number of esters is 1. The number of rotatable bonds is 2. The lowest BCUT2D eigenvalue weighted by Crippen LogP contribution is -2.20. The zero-order valence-corrected chi connectivity index (χ0v) is 11.9. The van der Waals surface area contributed by atoms with Crippen LogP contribution in [-0.4, -0.2) is 5.97 Å². The number of carbonyl (C=O) groups is 1. The summed E-state index contributed by atoms with van der Waals surface area (Å²) in [5.74, 6) is -0.570. The van der Waals surface area contributed by atoms with Crippen molar-refractivity contribution in [2.24, 2.45) is 0 Å². The number of nitrogens with zero attached hydrogens (tertiary/aromatic N) is 1. The van der Waals surface area contributed by atoms with Gasteiger partial charge in [-0.25, -0.2) is 4.79 Å². The summed E-state index contributed by atoms with van der Waals surface area (Å²) < 4.78 is 12.3. The number of fused-ring (bicyclic) bond motifs is 3. The van der Waals surface area contributed by atoms with E-state index >= 15 is 0 Å². The van der Waals surface area contributed by atoms with E-state index in [1.165, 1.54) is 6.20 Å². The highest BCUT2D eigenvalue weighted by atomic mass is 16.5. The van der Waals surface area contributed by atoms with E-state index in [1.54, 1.807) is 34.7 Å². The van der Waals surface area contributed by atoms with E-state index in [9.17, 15) is 9.90 Å². The topological polar surface area (TPSA) is 66.6 Å². The Hall–Kier alpha value is -3.34. The molecule has 0 saturated carbocycles. The largest absolute Gasteiger partial charge is 0.540 e. The van der Waals surface area contributed by atoms with Gasteiger partial charge in [0.25, 0.3) is 5.71 Å².